The number of aryl methyl sites for hydroxylation is 1. The van der Waals surface area contributed by atoms with Crippen LogP contribution in [-0.2, 0) is 6.54 Å². The second kappa shape index (κ2) is 4.10. The number of aromatic hydroxyl groups is 1. The number of rotatable bonds is 2. The maximum absolute atomic E-state index is 10.3. The van der Waals surface area contributed by atoms with Gasteiger partial charge in [-0.15, -0.1) is 0 Å². The molecule has 0 aliphatic heterocycles. The van der Waals surface area contributed by atoms with E-state index in [2.05, 4.69) is 15.1 Å². The summed E-state index contributed by atoms with van der Waals surface area (Å²) in [5.41, 5.74) is 2.02. The Balaban J connectivity index is 2.24. The molecule has 5 heteroatoms. The van der Waals surface area contributed by atoms with Crippen molar-refractivity contribution < 1.29 is 5.11 Å². The van der Waals surface area contributed by atoms with Crippen molar-refractivity contribution in [2.45, 2.75) is 13.5 Å². The molecule has 3 rings (SSSR count). The SMILES string of the molecule is CCn1ncc2c(O)c(-c3ccccn3)cnc21. The van der Waals surface area contributed by atoms with Gasteiger partial charge in [0.25, 0.3) is 0 Å². The highest BCUT2D eigenvalue weighted by Gasteiger charge is 2.13. The Kier molecular flexibility index (Phi) is 2.44. The summed E-state index contributed by atoms with van der Waals surface area (Å²) in [4.78, 5) is 8.57. The van der Waals surface area contributed by atoms with Crippen LogP contribution in [0.3, 0.4) is 0 Å². The smallest absolute Gasteiger partial charge is 0.161 e. The summed E-state index contributed by atoms with van der Waals surface area (Å²) in [5, 5.41) is 15.1. The van der Waals surface area contributed by atoms with E-state index in [-0.39, 0.29) is 5.75 Å². The highest BCUT2D eigenvalue weighted by molar-refractivity contribution is 5.88. The maximum atomic E-state index is 10.3. The van der Waals surface area contributed by atoms with E-state index in [9.17, 15) is 5.11 Å². The minimum Gasteiger partial charge on any atom is -0.506 e. The monoisotopic (exact) mass is 240 g/mol. The van der Waals surface area contributed by atoms with Gasteiger partial charge in [-0.2, -0.15) is 5.10 Å². The van der Waals surface area contributed by atoms with Crippen molar-refractivity contribution in [3.8, 4) is 17.0 Å². The van der Waals surface area contributed by atoms with Crippen LogP contribution in [0.2, 0.25) is 0 Å². The molecule has 0 aromatic carbocycles. The Hall–Kier alpha value is -2.43. The predicted molar refractivity (Wildman–Crippen MR) is 68.1 cm³/mol. The topological polar surface area (TPSA) is 63.8 Å². The summed E-state index contributed by atoms with van der Waals surface area (Å²) in [7, 11) is 0. The summed E-state index contributed by atoms with van der Waals surface area (Å²) in [6, 6.07) is 5.55. The Morgan fingerprint density at radius 2 is 2.11 bits per heavy atom. The Morgan fingerprint density at radius 1 is 1.22 bits per heavy atom. The minimum atomic E-state index is 0.179. The molecule has 1 N–H and O–H groups in total. The van der Waals surface area contributed by atoms with Gasteiger partial charge in [-0.25, -0.2) is 9.67 Å². The van der Waals surface area contributed by atoms with Gasteiger partial charge in [0.1, 0.15) is 5.75 Å². The first-order valence-corrected chi connectivity index (χ1v) is 5.76. The Labute approximate surface area is 104 Å². The third-order valence-corrected chi connectivity index (χ3v) is 2.88. The maximum Gasteiger partial charge on any atom is 0.161 e. The summed E-state index contributed by atoms with van der Waals surface area (Å²) in [6.45, 7) is 2.71. The number of fused-ring (bicyclic) bond motifs is 1. The second-order valence-corrected chi connectivity index (χ2v) is 3.93. The molecular weight excluding hydrogens is 228 g/mol. The average Bonchev–Trinajstić information content (AvgIpc) is 2.84. The largest absolute Gasteiger partial charge is 0.506 e. The standard InChI is InChI=1S/C13H12N4O/c1-2-17-13-10(8-16-17)12(18)9(7-15-13)11-5-3-4-6-14-11/h3-8H,2H2,1H3,(H,15,18). The van der Waals surface area contributed by atoms with E-state index < -0.39 is 0 Å². The molecule has 3 aromatic heterocycles. The molecule has 0 saturated carbocycles. The molecule has 0 aliphatic carbocycles. The molecule has 3 heterocycles. The number of pyridine rings is 2. The van der Waals surface area contributed by atoms with Gasteiger partial charge >= 0.3 is 0 Å². The van der Waals surface area contributed by atoms with Gasteiger partial charge in [-0.05, 0) is 19.1 Å². The molecule has 5 nitrogen and oxygen atoms in total. The average molecular weight is 240 g/mol. The van der Waals surface area contributed by atoms with Crippen LogP contribution in [0.5, 0.6) is 5.75 Å². The molecule has 0 radical (unpaired) electrons. The van der Waals surface area contributed by atoms with Crippen molar-refractivity contribution in [2.75, 3.05) is 0 Å². The van der Waals surface area contributed by atoms with Gasteiger partial charge in [0.15, 0.2) is 5.65 Å². The summed E-state index contributed by atoms with van der Waals surface area (Å²) < 4.78 is 1.75. The first-order chi connectivity index (χ1) is 8.81. The minimum absolute atomic E-state index is 0.179. The fourth-order valence-corrected chi connectivity index (χ4v) is 1.95. The third kappa shape index (κ3) is 1.52. The predicted octanol–water partition coefficient (Wildman–Crippen LogP) is 2.22. The van der Waals surface area contributed by atoms with Crippen LogP contribution in [-0.4, -0.2) is 24.9 Å². The first kappa shape index (κ1) is 10.7. The molecule has 0 saturated heterocycles. The molecule has 18 heavy (non-hydrogen) atoms. The normalized spacial score (nSPS) is 10.9. The van der Waals surface area contributed by atoms with Gasteiger partial charge in [0, 0.05) is 18.9 Å². The fourth-order valence-electron chi connectivity index (χ4n) is 1.95. The van der Waals surface area contributed by atoms with E-state index in [0.29, 0.717) is 22.3 Å². The molecule has 0 aliphatic rings. The molecule has 0 fully saturated rings. The lowest BCUT2D eigenvalue weighted by atomic mass is 10.1. The highest BCUT2D eigenvalue weighted by Crippen LogP contribution is 2.33. The molecule has 90 valence electrons. The van der Waals surface area contributed by atoms with Crippen LogP contribution in [0.25, 0.3) is 22.3 Å². The summed E-state index contributed by atoms with van der Waals surface area (Å²) >= 11 is 0. The quantitative estimate of drug-likeness (QED) is 0.746. The van der Waals surface area contributed by atoms with Crippen LogP contribution in [0, 0.1) is 0 Å². The number of nitrogens with zero attached hydrogens (tertiary/aromatic N) is 4. The second-order valence-electron chi connectivity index (χ2n) is 3.93. The molecule has 0 bridgehead atoms. The van der Waals surface area contributed by atoms with Gasteiger partial charge in [0.2, 0.25) is 0 Å². The van der Waals surface area contributed by atoms with Gasteiger partial charge in [0.05, 0.1) is 22.8 Å². The van der Waals surface area contributed by atoms with E-state index in [1.807, 2.05) is 25.1 Å². The molecule has 0 spiro atoms. The van der Waals surface area contributed by atoms with Crippen molar-refractivity contribution >= 4 is 11.0 Å². The summed E-state index contributed by atoms with van der Waals surface area (Å²) in [5.74, 6) is 0.179. The van der Waals surface area contributed by atoms with Crippen molar-refractivity contribution in [3.63, 3.8) is 0 Å². The van der Waals surface area contributed by atoms with Gasteiger partial charge in [-0.1, -0.05) is 6.07 Å². The van der Waals surface area contributed by atoms with E-state index in [4.69, 9.17) is 0 Å². The van der Waals surface area contributed by atoms with Gasteiger partial charge < -0.3 is 5.11 Å². The number of hydrogen-bond acceptors (Lipinski definition) is 4. The lowest BCUT2D eigenvalue weighted by Crippen LogP contribution is -1.97. The lowest BCUT2D eigenvalue weighted by molar-refractivity contribution is 0.483. The summed E-state index contributed by atoms with van der Waals surface area (Å²) in [6.07, 6.45) is 4.95. The molecule has 3 aromatic rings. The van der Waals surface area contributed by atoms with E-state index in [1.165, 1.54) is 0 Å². The molecule has 0 unspecified atom stereocenters. The number of hydrogen-bond donors (Lipinski definition) is 1. The fraction of sp³-hybridized carbons (Fsp3) is 0.154. The van der Waals surface area contributed by atoms with Crippen molar-refractivity contribution in [1.82, 2.24) is 19.7 Å². The van der Waals surface area contributed by atoms with Crippen LogP contribution >= 0.6 is 0 Å². The van der Waals surface area contributed by atoms with E-state index >= 15 is 0 Å². The van der Waals surface area contributed by atoms with Crippen LogP contribution in [0.15, 0.2) is 36.8 Å². The van der Waals surface area contributed by atoms with Crippen molar-refractivity contribution in [1.29, 1.82) is 0 Å². The molecule has 0 atom stereocenters. The van der Waals surface area contributed by atoms with Crippen molar-refractivity contribution in [3.05, 3.63) is 36.8 Å². The Bertz CT molecular complexity index is 691. The molecular formula is C13H12N4O. The zero-order chi connectivity index (χ0) is 12.5. The number of aromatic nitrogens is 4. The van der Waals surface area contributed by atoms with Gasteiger partial charge in [-0.3, -0.25) is 4.98 Å². The third-order valence-electron chi connectivity index (χ3n) is 2.88. The van der Waals surface area contributed by atoms with E-state index in [0.717, 1.165) is 6.54 Å². The van der Waals surface area contributed by atoms with Crippen LogP contribution in [0.1, 0.15) is 6.92 Å². The molecule has 0 amide bonds. The Morgan fingerprint density at radius 3 is 2.83 bits per heavy atom. The zero-order valence-corrected chi connectivity index (χ0v) is 9.91. The highest BCUT2D eigenvalue weighted by atomic mass is 16.3. The first-order valence-electron chi connectivity index (χ1n) is 5.76. The van der Waals surface area contributed by atoms with Crippen LogP contribution in [0.4, 0.5) is 0 Å². The van der Waals surface area contributed by atoms with Crippen molar-refractivity contribution in [2.24, 2.45) is 0 Å². The van der Waals surface area contributed by atoms with E-state index in [1.54, 1.807) is 23.3 Å². The lowest BCUT2D eigenvalue weighted by Gasteiger charge is -2.04. The zero-order valence-electron chi connectivity index (χ0n) is 9.91. The van der Waals surface area contributed by atoms with Crippen LogP contribution < -0.4 is 0 Å².